The predicted molar refractivity (Wildman–Crippen MR) is 115 cm³/mol. The summed E-state index contributed by atoms with van der Waals surface area (Å²) < 4.78 is 35.5. The molecule has 3 saturated heterocycles. The highest BCUT2D eigenvalue weighted by atomic mass is 16.9. The van der Waals surface area contributed by atoms with E-state index in [4.69, 9.17) is 28.4 Å². The van der Waals surface area contributed by atoms with Crippen molar-refractivity contribution < 1.29 is 38.3 Å². The molecule has 184 valence electrons. The van der Waals surface area contributed by atoms with E-state index in [1.165, 1.54) is 6.26 Å². The van der Waals surface area contributed by atoms with Crippen LogP contribution in [0.3, 0.4) is 0 Å². The van der Waals surface area contributed by atoms with Crippen LogP contribution in [0, 0.1) is 5.92 Å². The Kier molecular flexibility index (Phi) is 7.30. The lowest BCUT2D eigenvalue weighted by Crippen LogP contribution is -2.59. The van der Waals surface area contributed by atoms with Gasteiger partial charge in [-0.25, -0.2) is 4.79 Å². The zero-order valence-electron chi connectivity index (χ0n) is 20.6. The van der Waals surface area contributed by atoms with Crippen LogP contribution in [-0.2, 0) is 28.4 Å². The first-order valence-electron chi connectivity index (χ1n) is 11.4. The summed E-state index contributed by atoms with van der Waals surface area (Å²) in [6.45, 7) is 16.8. The number of hydrogen-bond donors (Lipinski definition) is 1. The largest absolute Gasteiger partial charge is 0.418 e. The average molecular weight is 458 g/mol. The lowest BCUT2D eigenvalue weighted by molar-refractivity contribution is -0.255. The Morgan fingerprint density at radius 3 is 2.03 bits per heavy atom. The molecule has 1 N–H and O–H groups in total. The fourth-order valence-corrected chi connectivity index (χ4v) is 4.63. The molecule has 32 heavy (non-hydrogen) atoms. The molecule has 0 spiro atoms. The third-order valence-corrected chi connectivity index (χ3v) is 5.94. The molecule has 3 heterocycles. The lowest BCUT2D eigenvalue weighted by atomic mass is 9.90. The minimum absolute atomic E-state index is 0.0141. The molecule has 0 aliphatic carbocycles. The normalized spacial score (nSPS) is 35.1. The van der Waals surface area contributed by atoms with Gasteiger partial charge in [0, 0.05) is 18.0 Å². The van der Waals surface area contributed by atoms with Crippen molar-refractivity contribution in [1.82, 2.24) is 4.90 Å². The van der Waals surface area contributed by atoms with Gasteiger partial charge in [0.05, 0.1) is 12.4 Å². The maximum Gasteiger partial charge on any atom is 0.415 e. The smallest absolute Gasteiger partial charge is 0.415 e. The van der Waals surface area contributed by atoms with Crippen LogP contribution in [0.4, 0.5) is 4.79 Å². The van der Waals surface area contributed by atoms with E-state index in [0.717, 1.165) is 0 Å². The molecule has 3 aliphatic rings. The molecule has 0 radical (unpaired) electrons. The highest BCUT2D eigenvalue weighted by Gasteiger charge is 2.62. The standard InChI is InChI=1S/C23H39NO8/c1-12(2)24(13(3)4)21(26)27-11-10-14(5)15(25)16-17-18(30-22(6,7)29-17)19-20(28-16)32-23(8,9)31-19/h10-20,25H,1-9H3/b11-10-/t14-,15-,16+,17-,18-,19+,20+/m0/s1. The van der Waals surface area contributed by atoms with Gasteiger partial charge in [0.2, 0.25) is 0 Å². The zero-order valence-corrected chi connectivity index (χ0v) is 20.6. The van der Waals surface area contributed by atoms with E-state index >= 15 is 0 Å². The summed E-state index contributed by atoms with van der Waals surface area (Å²) in [5.74, 6) is -2.05. The van der Waals surface area contributed by atoms with E-state index in [-0.39, 0.29) is 18.0 Å². The number of carbonyl (C=O) groups is 1. The molecule has 9 nitrogen and oxygen atoms in total. The molecule has 9 heteroatoms. The summed E-state index contributed by atoms with van der Waals surface area (Å²) in [4.78, 5) is 14.0. The highest BCUT2D eigenvalue weighted by molar-refractivity contribution is 5.68. The van der Waals surface area contributed by atoms with E-state index in [9.17, 15) is 9.90 Å². The summed E-state index contributed by atoms with van der Waals surface area (Å²) >= 11 is 0. The van der Waals surface area contributed by atoms with Gasteiger partial charge in [-0.3, -0.25) is 0 Å². The second-order valence-corrected chi connectivity index (χ2v) is 10.3. The molecule has 0 unspecified atom stereocenters. The number of hydrogen-bond acceptors (Lipinski definition) is 8. The number of aliphatic hydroxyl groups is 1. The average Bonchev–Trinajstić information content (AvgIpc) is 3.13. The van der Waals surface area contributed by atoms with Crippen LogP contribution >= 0.6 is 0 Å². The van der Waals surface area contributed by atoms with Crippen LogP contribution in [-0.4, -0.2) is 76.6 Å². The van der Waals surface area contributed by atoms with Crippen LogP contribution in [0.15, 0.2) is 12.3 Å². The molecule has 3 aliphatic heterocycles. The topological polar surface area (TPSA) is 95.9 Å². The number of aliphatic hydroxyl groups excluding tert-OH is 1. The summed E-state index contributed by atoms with van der Waals surface area (Å²) in [5.41, 5.74) is 0. The Hall–Kier alpha value is -1.23. The number of ether oxygens (including phenoxy) is 6. The van der Waals surface area contributed by atoms with Crippen molar-refractivity contribution in [2.45, 2.75) is 123 Å². The number of nitrogens with zero attached hydrogens (tertiary/aromatic N) is 1. The molecule has 0 aromatic carbocycles. The van der Waals surface area contributed by atoms with E-state index in [1.807, 2.05) is 62.3 Å². The first-order valence-corrected chi connectivity index (χ1v) is 11.4. The maximum atomic E-state index is 12.4. The molecule has 3 rings (SSSR count). The Labute approximate surface area is 190 Å². The number of carbonyl (C=O) groups excluding carboxylic acids is 1. The van der Waals surface area contributed by atoms with Gasteiger partial charge in [-0.2, -0.15) is 0 Å². The van der Waals surface area contributed by atoms with Crippen molar-refractivity contribution in [3.05, 3.63) is 12.3 Å². The second-order valence-electron chi connectivity index (χ2n) is 10.3. The predicted octanol–water partition coefficient (Wildman–Crippen LogP) is 3.15. The first-order chi connectivity index (χ1) is 14.7. The number of rotatable bonds is 6. The van der Waals surface area contributed by atoms with Crippen molar-refractivity contribution >= 4 is 6.09 Å². The minimum Gasteiger partial charge on any atom is -0.418 e. The quantitative estimate of drug-likeness (QED) is 0.608. The number of amides is 1. The van der Waals surface area contributed by atoms with Crippen molar-refractivity contribution in [3.63, 3.8) is 0 Å². The molecule has 0 aromatic rings. The Morgan fingerprint density at radius 2 is 1.44 bits per heavy atom. The van der Waals surface area contributed by atoms with Gasteiger partial charge < -0.3 is 38.4 Å². The Balaban J connectivity index is 1.68. The van der Waals surface area contributed by atoms with Crippen LogP contribution in [0.5, 0.6) is 0 Å². The highest BCUT2D eigenvalue weighted by Crippen LogP contribution is 2.45. The summed E-state index contributed by atoms with van der Waals surface area (Å²) in [6.07, 6.45) is -1.23. The zero-order chi connectivity index (χ0) is 24.0. The molecule has 7 atom stereocenters. The minimum atomic E-state index is -0.950. The van der Waals surface area contributed by atoms with Gasteiger partial charge in [0.1, 0.15) is 24.4 Å². The van der Waals surface area contributed by atoms with E-state index < -0.39 is 54.5 Å². The Bertz CT molecular complexity index is 698. The maximum absolute atomic E-state index is 12.4. The van der Waals surface area contributed by atoms with Crippen molar-refractivity contribution in [1.29, 1.82) is 0 Å². The second kappa shape index (κ2) is 9.19. The molecule has 0 saturated carbocycles. The molecule has 1 amide bonds. The van der Waals surface area contributed by atoms with Gasteiger partial charge in [-0.1, -0.05) is 6.92 Å². The van der Waals surface area contributed by atoms with Crippen LogP contribution in [0.2, 0.25) is 0 Å². The van der Waals surface area contributed by atoms with Crippen molar-refractivity contribution in [2.75, 3.05) is 0 Å². The van der Waals surface area contributed by atoms with Gasteiger partial charge >= 0.3 is 6.09 Å². The third kappa shape index (κ3) is 5.29. The molecular formula is C23H39NO8. The van der Waals surface area contributed by atoms with E-state index in [0.29, 0.717) is 0 Å². The molecule has 0 bridgehead atoms. The fourth-order valence-electron chi connectivity index (χ4n) is 4.63. The van der Waals surface area contributed by atoms with Gasteiger partial charge in [-0.05, 0) is 61.5 Å². The molecular weight excluding hydrogens is 418 g/mol. The van der Waals surface area contributed by atoms with Crippen molar-refractivity contribution in [2.24, 2.45) is 5.92 Å². The van der Waals surface area contributed by atoms with E-state index in [2.05, 4.69) is 0 Å². The third-order valence-electron chi connectivity index (χ3n) is 5.94. The fraction of sp³-hybridized carbons (Fsp3) is 0.870. The molecule has 0 aromatic heterocycles. The van der Waals surface area contributed by atoms with Crippen molar-refractivity contribution in [3.8, 4) is 0 Å². The summed E-state index contributed by atoms with van der Waals surface area (Å²) in [6, 6.07) is 0.0281. The molecule has 3 fully saturated rings. The Morgan fingerprint density at radius 1 is 0.906 bits per heavy atom. The van der Waals surface area contributed by atoms with Crippen LogP contribution in [0.1, 0.15) is 62.3 Å². The van der Waals surface area contributed by atoms with Gasteiger partial charge in [-0.15, -0.1) is 0 Å². The monoisotopic (exact) mass is 457 g/mol. The summed E-state index contributed by atoms with van der Waals surface area (Å²) in [5, 5.41) is 11.1. The lowest BCUT2D eigenvalue weighted by Gasteiger charge is -2.40. The van der Waals surface area contributed by atoms with Gasteiger partial charge in [0.25, 0.3) is 0 Å². The van der Waals surface area contributed by atoms with Crippen LogP contribution in [0.25, 0.3) is 0 Å². The first kappa shape index (κ1) is 25.4. The number of fused-ring (bicyclic) bond motifs is 3. The van der Waals surface area contributed by atoms with E-state index in [1.54, 1.807) is 11.0 Å². The summed E-state index contributed by atoms with van der Waals surface area (Å²) in [7, 11) is 0. The SMILES string of the molecule is CC(C)N(C(=O)O/C=C\[C@H](C)[C@H](O)[C@H]1O[C@@H]2OC(C)(C)O[C@@H]2[C@H]2OC(C)(C)O[C@H]21)C(C)C. The van der Waals surface area contributed by atoms with Gasteiger partial charge in [0.15, 0.2) is 17.9 Å². The van der Waals surface area contributed by atoms with Crippen LogP contribution < -0.4 is 0 Å².